The minimum Gasteiger partial charge on any atom is -0.302 e. The van der Waals surface area contributed by atoms with E-state index in [0.29, 0.717) is 20.8 Å². The lowest BCUT2D eigenvalue weighted by atomic mass is 10.2. The van der Waals surface area contributed by atoms with E-state index in [2.05, 4.69) is 10.3 Å². The zero-order chi connectivity index (χ0) is 13.0. The van der Waals surface area contributed by atoms with Gasteiger partial charge in [-0.25, -0.2) is 0 Å². The van der Waals surface area contributed by atoms with Crippen molar-refractivity contribution >= 4 is 52.1 Å². The van der Waals surface area contributed by atoms with Crippen molar-refractivity contribution in [2.75, 3.05) is 12.3 Å². The molecule has 0 saturated carbocycles. The molecule has 1 amide bonds. The summed E-state index contributed by atoms with van der Waals surface area (Å²) in [5.74, 6) is 0.675. The van der Waals surface area contributed by atoms with Crippen molar-refractivity contribution in [3.63, 3.8) is 0 Å². The number of hydrogen-bond acceptors (Lipinski definition) is 3. The van der Waals surface area contributed by atoms with Crippen molar-refractivity contribution in [3.05, 3.63) is 39.9 Å². The molecule has 0 bridgehead atoms. The molecule has 18 heavy (non-hydrogen) atoms. The fraction of sp³-hybridized carbons (Fsp3) is 0.167. The van der Waals surface area contributed by atoms with Crippen LogP contribution in [0.5, 0.6) is 0 Å². The minimum atomic E-state index is -0.237. The van der Waals surface area contributed by atoms with E-state index < -0.39 is 0 Å². The molecule has 94 valence electrons. The van der Waals surface area contributed by atoms with Crippen molar-refractivity contribution in [3.8, 4) is 0 Å². The van der Waals surface area contributed by atoms with Crippen molar-refractivity contribution < 1.29 is 4.79 Å². The van der Waals surface area contributed by atoms with Gasteiger partial charge in [-0.1, -0.05) is 41.0 Å². The third kappa shape index (κ3) is 3.51. The van der Waals surface area contributed by atoms with Crippen LogP contribution in [0.4, 0.5) is 0 Å². The van der Waals surface area contributed by atoms with Gasteiger partial charge < -0.3 is 5.32 Å². The number of nitrogens with zero attached hydrogens (tertiary/aromatic N) is 1. The Balaban J connectivity index is 2.04. The van der Waals surface area contributed by atoms with E-state index in [0.717, 1.165) is 12.3 Å². The van der Waals surface area contributed by atoms with Gasteiger partial charge in [0.15, 0.2) is 5.17 Å². The van der Waals surface area contributed by atoms with Crippen LogP contribution in [0.3, 0.4) is 0 Å². The molecule has 0 radical (unpaired) electrons. The van der Waals surface area contributed by atoms with Gasteiger partial charge in [0.2, 0.25) is 5.91 Å². The van der Waals surface area contributed by atoms with Crippen molar-refractivity contribution in [1.82, 2.24) is 5.32 Å². The number of thioether (sulfide) groups is 1. The highest BCUT2D eigenvalue weighted by atomic mass is 35.5. The highest BCUT2D eigenvalue weighted by molar-refractivity contribution is 8.14. The van der Waals surface area contributed by atoms with Crippen LogP contribution in [-0.2, 0) is 4.79 Å². The molecule has 1 aromatic carbocycles. The van der Waals surface area contributed by atoms with Crippen molar-refractivity contribution in [2.24, 2.45) is 4.99 Å². The second-order valence-corrected chi connectivity index (χ2v) is 5.39. The SMILES string of the molecule is O=C(/C=C/c1c(Cl)cccc1Cl)NC1=NCCS1. The highest BCUT2D eigenvalue weighted by Gasteiger charge is 2.09. The summed E-state index contributed by atoms with van der Waals surface area (Å²) in [6.45, 7) is 0.750. The van der Waals surface area contributed by atoms with Gasteiger partial charge in [0.05, 0.1) is 6.54 Å². The van der Waals surface area contributed by atoms with Gasteiger partial charge in [-0.05, 0) is 18.2 Å². The first-order valence-corrected chi connectivity index (χ1v) is 7.01. The van der Waals surface area contributed by atoms with Crippen molar-refractivity contribution in [1.29, 1.82) is 0 Å². The molecule has 1 N–H and O–H groups in total. The fourth-order valence-corrected chi connectivity index (χ4v) is 2.64. The second-order valence-electron chi connectivity index (χ2n) is 3.49. The Morgan fingerprint density at radius 3 is 2.72 bits per heavy atom. The lowest BCUT2D eigenvalue weighted by molar-refractivity contribution is -0.115. The summed E-state index contributed by atoms with van der Waals surface area (Å²) >= 11 is 13.5. The molecule has 0 aromatic heterocycles. The number of carbonyl (C=O) groups is 1. The Kier molecular flexibility index (Phi) is 4.69. The molecule has 0 unspecified atom stereocenters. The van der Waals surface area contributed by atoms with E-state index in [-0.39, 0.29) is 5.91 Å². The summed E-state index contributed by atoms with van der Waals surface area (Å²) in [4.78, 5) is 15.7. The molecule has 1 heterocycles. The summed E-state index contributed by atoms with van der Waals surface area (Å²) in [6.07, 6.45) is 2.99. The number of hydrogen-bond donors (Lipinski definition) is 1. The van der Waals surface area contributed by atoms with Gasteiger partial charge in [-0.15, -0.1) is 0 Å². The van der Waals surface area contributed by atoms with Crippen LogP contribution in [0.25, 0.3) is 6.08 Å². The first-order chi connectivity index (χ1) is 8.66. The van der Waals surface area contributed by atoms with Crippen LogP contribution in [0.2, 0.25) is 10.0 Å². The molecule has 2 rings (SSSR count). The molecule has 3 nitrogen and oxygen atoms in total. The number of aliphatic imine (C=N–C) groups is 1. The van der Waals surface area contributed by atoms with Crippen LogP contribution < -0.4 is 5.32 Å². The Hall–Kier alpha value is -0.970. The highest BCUT2D eigenvalue weighted by Crippen LogP contribution is 2.25. The Morgan fingerprint density at radius 1 is 1.39 bits per heavy atom. The summed E-state index contributed by atoms with van der Waals surface area (Å²) in [5.41, 5.74) is 0.636. The first-order valence-electron chi connectivity index (χ1n) is 5.27. The van der Waals surface area contributed by atoms with Gasteiger partial charge in [-0.3, -0.25) is 9.79 Å². The normalized spacial score (nSPS) is 14.9. The molecule has 6 heteroatoms. The number of carbonyl (C=O) groups excluding carboxylic acids is 1. The molecular formula is C12H10Cl2N2OS. The molecular weight excluding hydrogens is 291 g/mol. The molecule has 0 saturated heterocycles. The summed E-state index contributed by atoms with van der Waals surface area (Å²) < 4.78 is 0. The van der Waals surface area contributed by atoms with E-state index in [1.54, 1.807) is 24.3 Å². The monoisotopic (exact) mass is 300 g/mol. The van der Waals surface area contributed by atoms with Crippen LogP contribution in [0.1, 0.15) is 5.56 Å². The average Bonchev–Trinajstić information content (AvgIpc) is 2.81. The molecule has 0 spiro atoms. The number of amidine groups is 1. The molecule has 0 atom stereocenters. The van der Waals surface area contributed by atoms with Gasteiger partial charge >= 0.3 is 0 Å². The second kappa shape index (κ2) is 6.27. The summed E-state index contributed by atoms with van der Waals surface area (Å²) in [6, 6.07) is 5.20. The maximum Gasteiger partial charge on any atom is 0.249 e. The van der Waals surface area contributed by atoms with Crippen LogP contribution in [0.15, 0.2) is 29.3 Å². The first kappa shape index (κ1) is 13.5. The predicted molar refractivity (Wildman–Crippen MR) is 78.4 cm³/mol. The van der Waals surface area contributed by atoms with Crippen LogP contribution in [-0.4, -0.2) is 23.4 Å². The quantitative estimate of drug-likeness (QED) is 0.852. The van der Waals surface area contributed by atoms with Gasteiger partial charge in [-0.2, -0.15) is 0 Å². The molecule has 1 aliphatic heterocycles. The lowest BCUT2D eigenvalue weighted by Crippen LogP contribution is -2.25. The maximum absolute atomic E-state index is 11.6. The number of halogens is 2. The third-order valence-corrected chi connectivity index (χ3v) is 3.77. The number of amides is 1. The van der Waals surface area contributed by atoms with Gasteiger partial charge in [0.1, 0.15) is 0 Å². The average molecular weight is 301 g/mol. The predicted octanol–water partition coefficient (Wildman–Crippen LogP) is 3.23. The Morgan fingerprint density at radius 2 is 2.11 bits per heavy atom. The minimum absolute atomic E-state index is 0.237. The topological polar surface area (TPSA) is 41.5 Å². The van der Waals surface area contributed by atoms with Crippen molar-refractivity contribution in [2.45, 2.75) is 0 Å². The van der Waals surface area contributed by atoms with Gasteiger partial charge in [0, 0.05) is 27.4 Å². The van der Waals surface area contributed by atoms with Gasteiger partial charge in [0.25, 0.3) is 0 Å². The van der Waals surface area contributed by atoms with Crippen LogP contribution >= 0.6 is 35.0 Å². The zero-order valence-electron chi connectivity index (χ0n) is 9.32. The van der Waals surface area contributed by atoms with Crippen LogP contribution in [0, 0.1) is 0 Å². The summed E-state index contributed by atoms with van der Waals surface area (Å²) in [5, 5.41) is 4.38. The lowest BCUT2D eigenvalue weighted by Gasteiger charge is -2.01. The zero-order valence-corrected chi connectivity index (χ0v) is 11.6. The maximum atomic E-state index is 11.6. The number of benzene rings is 1. The third-order valence-electron chi connectivity index (χ3n) is 2.22. The van der Waals surface area contributed by atoms with E-state index >= 15 is 0 Å². The van der Waals surface area contributed by atoms with E-state index in [1.165, 1.54) is 17.8 Å². The van der Waals surface area contributed by atoms with E-state index in [1.807, 2.05) is 0 Å². The smallest absolute Gasteiger partial charge is 0.249 e. The largest absolute Gasteiger partial charge is 0.302 e. The van der Waals surface area contributed by atoms with E-state index in [4.69, 9.17) is 23.2 Å². The fourth-order valence-electron chi connectivity index (χ4n) is 1.39. The molecule has 1 aromatic rings. The number of rotatable bonds is 2. The van der Waals surface area contributed by atoms with E-state index in [9.17, 15) is 4.79 Å². The molecule has 0 fully saturated rings. The molecule has 0 aliphatic carbocycles. The standard InChI is InChI=1S/C12H10Cl2N2OS/c13-9-2-1-3-10(14)8(9)4-5-11(17)16-12-15-6-7-18-12/h1-5H,6-7H2,(H,15,16,17)/b5-4+. The Bertz CT molecular complexity index is 509. The Labute approximate surface area is 119 Å². The summed E-state index contributed by atoms with van der Waals surface area (Å²) in [7, 11) is 0. The number of nitrogens with one attached hydrogen (secondary N) is 1. The molecule has 1 aliphatic rings.